The molecule has 0 aliphatic carbocycles. The molecule has 0 atom stereocenters. The summed E-state index contributed by atoms with van der Waals surface area (Å²) in [4.78, 5) is 5.03. The highest BCUT2D eigenvalue weighted by Crippen LogP contribution is 2.04. The fourth-order valence-corrected chi connectivity index (χ4v) is 2.65. The smallest absolute Gasteiger partial charge is 0.0110 e. The number of piperazine rings is 1. The summed E-state index contributed by atoms with van der Waals surface area (Å²) < 4.78 is 0. The van der Waals surface area contributed by atoms with Gasteiger partial charge in [0.2, 0.25) is 0 Å². The lowest BCUT2D eigenvalue weighted by atomic mass is 10.1. The molecule has 0 amide bonds. The zero-order valence-corrected chi connectivity index (χ0v) is 13.3. The summed E-state index contributed by atoms with van der Waals surface area (Å²) in [5.74, 6) is 0. The van der Waals surface area contributed by atoms with Crippen LogP contribution in [0.4, 0.5) is 0 Å². The standard InChI is InChI=1S/C16H35N3/c1-3-4-5-6-7-8-10-17-11-9-12-19-15-13-18(2)14-16-19/h17H,3-16H2,1-2H3. The van der Waals surface area contributed by atoms with Gasteiger partial charge in [-0.3, -0.25) is 0 Å². The van der Waals surface area contributed by atoms with Crippen molar-refractivity contribution in [3.05, 3.63) is 0 Å². The zero-order chi connectivity index (χ0) is 13.8. The van der Waals surface area contributed by atoms with Crippen LogP contribution in [0.25, 0.3) is 0 Å². The number of hydrogen-bond acceptors (Lipinski definition) is 3. The van der Waals surface area contributed by atoms with Gasteiger partial charge >= 0.3 is 0 Å². The molecule has 114 valence electrons. The molecule has 3 nitrogen and oxygen atoms in total. The van der Waals surface area contributed by atoms with Crippen molar-refractivity contribution in [1.29, 1.82) is 0 Å². The summed E-state index contributed by atoms with van der Waals surface area (Å²) in [6.07, 6.45) is 9.70. The van der Waals surface area contributed by atoms with Gasteiger partial charge in [-0.25, -0.2) is 0 Å². The average Bonchev–Trinajstić information content (AvgIpc) is 2.43. The van der Waals surface area contributed by atoms with Crippen LogP contribution in [-0.2, 0) is 0 Å². The Morgan fingerprint density at radius 1 is 0.789 bits per heavy atom. The highest BCUT2D eigenvalue weighted by Gasteiger charge is 2.12. The molecule has 1 saturated heterocycles. The summed E-state index contributed by atoms with van der Waals surface area (Å²) in [6, 6.07) is 0. The lowest BCUT2D eigenvalue weighted by Gasteiger charge is -2.32. The Bertz CT molecular complexity index is 188. The van der Waals surface area contributed by atoms with Crippen molar-refractivity contribution in [1.82, 2.24) is 15.1 Å². The van der Waals surface area contributed by atoms with Gasteiger partial charge in [0.1, 0.15) is 0 Å². The van der Waals surface area contributed by atoms with Crippen LogP contribution in [0.5, 0.6) is 0 Å². The SMILES string of the molecule is CCCCCCCCNCCCN1CCN(C)CC1. The van der Waals surface area contributed by atoms with Gasteiger partial charge in [0, 0.05) is 26.2 Å². The lowest BCUT2D eigenvalue weighted by molar-refractivity contribution is 0.153. The van der Waals surface area contributed by atoms with E-state index < -0.39 is 0 Å². The average molecular weight is 269 g/mol. The van der Waals surface area contributed by atoms with Crippen molar-refractivity contribution in [3.63, 3.8) is 0 Å². The molecule has 0 spiro atoms. The first-order valence-electron chi connectivity index (χ1n) is 8.44. The molecule has 0 aromatic carbocycles. The fraction of sp³-hybridized carbons (Fsp3) is 1.00. The van der Waals surface area contributed by atoms with Crippen LogP contribution in [-0.4, -0.2) is 62.7 Å². The minimum atomic E-state index is 1.20. The van der Waals surface area contributed by atoms with Gasteiger partial charge < -0.3 is 15.1 Å². The largest absolute Gasteiger partial charge is 0.317 e. The third-order valence-electron chi connectivity index (χ3n) is 4.13. The van der Waals surface area contributed by atoms with Gasteiger partial charge in [-0.15, -0.1) is 0 Å². The molecular formula is C16H35N3. The van der Waals surface area contributed by atoms with Gasteiger partial charge in [0.15, 0.2) is 0 Å². The Hall–Kier alpha value is -0.120. The van der Waals surface area contributed by atoms with Crippen LogP contribution in [0.1, 0.15) is 51.9 Å². The number of likely N-dealkylation sites (N-methyl/N-ethyl adjacent to an activating group) is 1. The van der Waals surface area contributed by atoms with Crippen molar-refractivity contribution >= 4 is 0 Å². The molecule has 0 aromatic rings. The van der Waals surface area contributed by atoms with Crippen LogP contribution in [0.3, 0.4) is 0 Å². The molecule has 19 heavy (non-hydrogen) atoms. The van der Waals surface area contributed by atoms with E-state index in [0.29, 0.717) is 0 Å². The second-order valence-corrected chi connectivity index (χ2v) is 6.02. The molecule has 1 N–H and O–H groups in total. The predicted octanol–water partition coefficient (Wildman–Crippen LogP) is 2.57. The second-order valence-electron chi connectivity index (χ2n) is 6.02. The maximum atomic E-state index is 3.59. The van der Waals surface area contributed by atoms with E-state index in [1.807, 2.05) is 0 Å². The van der Waals surface area contributed by atoms with Crippen molar-refractivity contribution in [2.24, 2.45) is 0 Å². The minimum absolute atomic E-state index is 1.20. The Kier molecular flexibility index (Phi) is 10.4. The Morgan fingerprint density at radius 2 is 1.42 bits per heavy atom. The van der Waals surface area contributed by atoms with Crippen LogP contribution < -0.4 is 5.32 Å². The topological polar surface area (TPSA) is 18.5 Å². The van der Waals surface area contributed by atoms with E-state index in [0.717, 1.165) is 0 Å². The molecule has 1 aliphatic heterocycles. The molecule has 3 heteroatoms. The number of nitrogens with zero attached hydrogens (tertiary/aromatic N) is 2. The van der Waals surface area contributed by atoms with E-state index in [-0.39, 0.29) is 0 Å². The molecular weight excluding hydrogens is 234 g/mol. The predicted molar refractivity (Wildman–Crippen MR) is 84.8 cm³/mol. The quantitative estimate of drug-likeness (QED) is 0.582. The first-order chi connectivity index (χ1) is 9.33. The van der Waals surface area contributed by atoms with Gasteiger partial charge in [0.25, 0.3) is 0 Å². The molecule has 0 radical (unpaired) electrons. The third kappa shape index (κ3) is 9.42. The molecule has 0 unspecified atom stereocenters. The van der Waals surface area contributed by atoms with Crippen LogP contribution in [0, 0.1) is 0 Å². The van der Waals surface area contributed by atoms with Gasteiger partial charge in [0.05, 0.1) is 0 Å². The van der Waals surface area contributed by atoms with E-state index in [1.54, 1.807) is 0 Å². The molecule has 0 saturated carbocycles. The molecule has 0 bridgehead atoms. The van der Waals surface area contributed by atoms with Crippen LogP contribution >= 0.6 is 0 Å². The molecule has 1 fully saturated rings. The summed E-state index contributed by atoms with van der Waals surface area (Å²) in [5, 5.41) is 3.59. The summed E-state index contributed by atoms with van der Waals surface area (Å²) in [7, 11) is 2.22. The maximum Gasteiger partial charge on any atom is 0.0110 e. The lowest BCUT2D eigenvalue weighted by Crippen LogP contribution is -2.45. The number of rotatable bonds is 11. The van der Waals surface area contributed by atoms with Gasteiger partial charge in [-0.2, -0.15) is 0 Å². The molecule has 1 rings (SSSR count). The summed E-state index contributed by atoms with van der Waals surface area (Å²) >= 11 is 0. The fourth-order valence-electron chi connectivity index (χ4n) is 2.65. The first-order valence-corrected chi connectivity index (χ1v) is 8.44. The van der Waals surface area contributed by atoms with Crippen molar-refractivity contribution in [2.45, 2.75) is 51.9 Å². The number of unbranched alkanes of at least 4 members (excludes halogenated alkanes) is 5. The van der Waals surface area contributed by atoms with Crippen LogP contribution in [0.2, 0.25) is 0 Å². The highest BCUT2D eigenvalue weighted by atomic mass is 15.2. The second kappa shape index (κ2) is 11.7. The third-order valence-corrected chi connectivity index (χ3v) is 4.13. The highest BCUT2D eigenvalue weighted by molar-refractivity contribution is 4.69. The summed E-state index contributed by atoms with van der Waals surface area (Å²) in [5.41, 5.74) is 0. The molecule has 0 aromatic heterocycles. The normalized spacial score (nSPS) is 18.0. The van der Waals surface area contributed by atoms with Crippen molar-refractivity contribution in [3.8, 4) is 0 Å². The Labute approximate surface area is 120 Å². The number of nitrogens with one attached hydrogen (secondary N) is 1. The van der Waals surface area contributed by atoms with Gasteiger partial charge in [-0.05, 0) is 39.5 Å². The van der Waals surface area contributed by atoms with E-state index in [4.69, 9.17) is 0 Å². The van der Waals surface area contributed by atoms with E-state index in [1.165, 1.54) is 90.8 Å². The molecule has 1 heterocycles. The maximum absolute atomic E-state index is 3.59. The summed E-state index contributed by atoms with van der Waals surface area (Å²) in [6.45, 7) is 11.0. The van der Waals surface area contributed by atoms with Crippen molar-refractivity contribution < 1.29 is 0 Å². The molecule has 1 aliphatic rings. The first kappa shape index (κ1) is 16.9. The number of hydrogen-bond donors (Lipinski definition) is 1. The van der Waals surface area contributed by atoms with Gasteiger partial charge in [-0.1, -0.05) is 39.0 Å². The minimum Gasteiger partial charge on any atom is -0.317 e. The van der Waals surface area contributed by atoms with E-state index in [2.05, 4.69) is 29.1 Å². The van der Waals surface area contributed by atoms with Crippen molar-refractivity contribution in [2.75, 3.05) is 52.9 Å². The van der Waals surface area contributed by atoms with Crippen LogP contribution in [0.15, 0.2) is 0 Å². The van der Waals surface area contributed by atoms with E-state index >= 15 is 0 Å². The Morgan fingerprint density at radius 3 is 2.16 bits per heavy atom. The monoisotopic (exact) mass is 269 g/mol. The van der Waals surface area contributed by atoms with E-state index in [9.17, 15) is 0 Å². The zero-order valence-electron chi connectivity index (χ0n) is 13.3. The Balaban J connectivity index is 1.76.